The van der Waals surface area contributed by atoms with E-state index in [9.17, 15) is 8.42 Å². The van der Waals surface area contributed by atoms with Crippen LogP contribution in [0.15, 0.2) is 0 Å². The number of ether oxygens (including phenoxy) is 4. The molecule has 0 aliphatic rings. The van der Waals surface area contributed by atoms with Crippen molar-refractivity contribution in [2.24, 2.45) is 11.1 Å². The minimum absolute atomic E-state index is 0.0440. The molecule has 7 nitrogen and oxygen atoms in total. The number of methoxy groups -OCH3 is 1. The first-order valence-electron chi connectivity index (χ1n) is 6.72. The molecule has 0 rings (SSSR count). The summed E-state index contributed by atoms with van der Waals surface area (Å²) in [6.07, 6.45) is 0.713. The molecule has 0 fully saturated rings. The molecule has 1 atom stereocenters. The third kappa shape index (κ3) is 14.2. The second kappa shape index (κ2) is 12.5. The topological polar surface area (TPSA) is 97.1 Å². The van der Waals surface area contributed by atoms with Crippen molar-refractivity contribution in [3.63, 3.8) is 0 Å². The summed E-state index contributed by atoms with van der Waals surface area (Å²) in [5.74, 6) is -0.111. The lowest BCUT2D eigenvalue weighted by Gasteiger charge is -2.13. The van der Waals surface area contributed by atoms with E-state index in [2.05, 4.69) is 0 Å². The Morgan fingerprint density at radius 3 is 1.90 bits per heavy atom. The Bertz CT molecular complexity index is 309. The largest absolute Gasteiger partial charge is 0.382 e. The van der Waals surface area contributed by atoms with Gasteiger partial charge in [-0.05, 0) is 5.92 Å². The molecular weight excluding hydrogens is 286 g/mol. The smallest absolute Gasteiger partial charge is 0.209 e. The third-order valence-electron chi connectivity index (χ3n) is 2.57. The fourth-order valence-electron chi connectivity index (χ4n) is 1.44. The summed E-state index contributed by atoms with van der Waals surface area (Å²) in [6.45, 7) is 5.33. The summed E-state index contributed by atoms with van der Waals surface area (Å²) in [5.41, 5.74) is 0. The van der Waals surface area contributed by atoms with Gasteiger partial charge in [0.25, 0.3) is 0 Å². The number of rotatable bonds is 14. The fourth-order valence-corrected chi connectivity index (χ4v) is 2.43. The van der Waals surface area contributed by atoms with Crippen molar-refractivity contribution in [2.45, 2.75) is 13.3 Å². The Balaban J connectivity index is 3.38. The number of nitrogens with two attached hydrogens (primary N) is 1. The van der Waals surface area contributed by atoms with Gasteiger partial charge in [0.2, 0.25) is 10.0 Å². The van der Waals surface area contributed by atoms with Crippen LogP contribution in [-0.4, -0.2) is 67.5 Å². The van der Waals surface area contributed by atoms with E-state index in [4.69, 9.17) is 24.1 Å². The summed E-state index contributed by atoms with van der Waals surface area (Å²) in [7, 11) is -1.81. The van der Waals surface area contributed by atoms with Gasteiger partial charge in [0.15, 0.2) is 0 Å². The molecule has 0 amide bonds. The van der Waals surface area contributed by atoms with E-state index in [0.29, 0.717) is 52.7 Å². The molecule has 0 radical (unpaired) electrons. The number of hydrogen-bond acceptors (Lipinski definition) is 6. The predicted molar refractivity (Wildman–Crippen MR) is 76.1 cm³/mol. The van der Waals surface area contributed by atoms with Gasteiger partial charge in [-0.15, -0.1) is 0 Å². The minimum atomic E-state index is -3.44. The monoisotopic (exact) mass is 313 g/mol. The van der Waals surface area contributed by atoms with Crippen LogP contribution in [0.5, 0.6) is 0 Å². The van der Waals surface area contributed by atoms with Crippen molar-refractivity contribution in [1.82, 2.24) is 0 Å². The lowest BCUT2D eigenvalue weighted by molar-refractivity contribution is -0.000572. The van der Waals surface area contributed by atoms with Gasteiger partial charge in [-0.3, -0.25) is 0 Å². The first kappa shape index (κ1) is 19.8. The summed E-state index contributed by atoms with van der Waals surface area (Å²) in [6, 6.07) is 0. The molecule has 0 saturated carbocycles. The average Bonchev–Trinajstić information content (AvgIpc) is 2.38. The molecule has 0 aromatic carbocycles. The van der Waals surface area contributed by atoms with Crippen molar-refractivity contribution >= 4 is 10.0 Å². The van der Waals surface area contributed by atoms with E-state index in [1.54, 1.807) is 7.11 Å². The lowest BCUT2D eigenvalue weighted by Crippen LogP contribution is -2.26. The molecule has 0 aliphatic carbocycles. The fraction of sp³-hybridized carbons (Fsp3) is 1.00. The molecule has 0 aromatic heterocycles. The van der Waals surface area contributed by atoms with Crippen molar-refractivity contribution in [1.29, 1.82) is 0 Å². The van der Waals surface area contributed by atoms with Gasteiger partial charge in [-0.1, -0.05) is 13.3 Å². The molecule has 8 heteroatoms. The molecule has 0 spiro atoms. The standard InChI is InChI=1S/C12H27NO6S/c1-3-12(11-20(13,14)15)10-19-9-8-18-7-6-17-5-4-16-2/h12H,3-11H2,1-2H3,(H2,13,14,15). The van der Waals surface area contributed by atoms with Gasteiger partial charge in [0.1, 0.15) is 0 Å². The van der Waals surface area contributed by atoms with Crippen LogP contribution in [0.1, 0.15) is 13.3 Å². The van der Waals surface area contributed by atoms with Crippen LogP contribution >= 0.6 is 0 Å². The summed E-state index contributed by atoms with van der Waals surface area (Å²) in [4.78, 5) is 0. The minimum Gasteiger partial charge on any atom is -0.382 e. The van der Waals surface area contributed by atoms with Gasteiger partial charge >= 0.3 is 0 Å². The first-order valence-corrected chi connectivity index (χ1v) is 8.43. The second-order valence-electron chi connectivity index (χ2n) is 4.40. The summed E-state index contributed by atoms with van der Waals surface area (Å²) >= 11 is 0. The Kier molecular flexibility index (Phi) is 12.3. The van der Waals surface area contributed by atoms with Gasteiger partial charge in [0, 0.05) is 7.11 Å². The van der Waals surface area contributed by atoms with E-state index in [1.165, 1.54) is 0 Å². The first-order chi connectivity index (χ1) is 9.49. The highest BCUT2D eigenvalue weighted by Crippen LogP contribution is 2.05. The van der Waals surface area contributed by atoms with Crippen molar-refractivity contribution < 1.29 is 27.4 Å². The van der Waals surface area contributed by atoms with E-state index < -0.39 is 10.0 Å². The van der Waals surface area contributed by atoms with E-state index in [1.807, 2.05) is 6.92 Å². The van der Waals surface area contributed by atoms with Crippen LogP contribution in [0.2, 0.25) is 0 Å². The summed E-state index contributed by atoms with van der Waals surface area (Å²) < 4.78 is 42.6. The van der Waals surface area contributed by atoms with Crippen LogP contribution in [0.25, 0.3) is 0 Å². The van der Waals surface area contributed by atoms with Crippen molar-refractivity contribution in [2.75, 3.05) is 59.1 Å². The quantitative estimate of drug-likeness (QED) is 0.453. The molecule has 0 bridgehead atoms. The lowest BCUT2D eigenvalue weighted by atomic mass is 10.1. The zero-order valence-corrected chi connectivity index (χ0v) is 13.2. The van der Waals surface area contributed by atoms with E-state index in [-0.39, 0.29) is 11.7 Å². The van der Waals surface area contributed by atoms with Gasteiger partial charge in [-0.25, -0.2) is 13.6 Å². The van der Waals surface area contributed by atoms with E-state index >= 15 is 0 Å². The number of hydrogen-bond donors (Lipinski definition) is 1. The van der Waals surface area contributed by atoms with Crippen LogP contribution < -0.4 is 5.14 Å². The van der Waals surface area contributed by atoms with E-state index in [0.717, 1.165) is 0 Å². The molecule has 0 aliphatic heterocycles. The average molecular weight is 313 g/mol. The second-order valence-corrected chi connectivity index (χ2v) is 6.06. The molecule has 122 valence electrons. The maximum absolute atomic E-state index is 11.0. The molecule has 2 N–H and O–H groups in total. The van der Waals surface area contributed by atoms with Crippen LogP contribution in [0.4, 0.5) is 0 Å². The van der Waals surface area contributed by atoms with Gasteiger partial charge in [0.05, 0.1) is 52.0 Å². The molecular formula is C12H27NO6S. The highest BCUT2D eigenvalue weighted by molar-refractivity contribution is 7.89. The zero-order chi connectivity index (χ0) is 15.3. The Morgan fingerprint density at radius 1 is 0.950 bits per heavy atom. The maximum atomic E-state index is 11.0. The van der Waals surface area contributed by atoms with Crippen molar-refractivity contribution in [3.05, 3.63) is 0 Å². The summed E-state index contributed by atoms with van der Waals surface area (Å²) in [5, 5.41) is 5.00. The number of primary sulfonamides is 1. The van der Waals surface area contributed by atoms with Crippen LogP contribution in [0, 0.1) is 5.92 Å². The molecule has 0 heterocycles. The zero-order valence-electron chi connectivity index (χ0n) is 12.4. The van der Waals surface area contributed by atoms with Crippen LogP contribution in [-0.2, 0) is 29.0 Å². The van der Waals surface area contributed by atoms with Crippen molar-refractivity contribution in [3.8, 4) is 0 Å². The predicted octanol–water partition coefficient (Wildman–Crippen LogP) is -0.00270. The highest BCUT2D eigenvalue weighted by Gasteiger charge is 2.14. The molecule has 20 heavy (non-hydrogen) atoms. The highest BCUT2D eigenvalue weighted by atomic mass is 32.2. The van der Waals surface area contributed by atoms with Gasteiger partial charge < -0.3 is 18.9 Å². The Labute approximate surface area is 121 Å². The Hall–Kier alpha value is -0.250. The SMILES string of the molecule is CCC(COCCOCCOCCOC)CS(N)(=O)=O. The Morgan fingerprint density at radius 2 is 1.45 bits per heavy atom. The molecule has 1 unspecified atom stereocenters. The maximum Gasteiger partial charge on any atom is 0.209 e. The number of sulfonamides is 1. The normalized spacial score (nSPS) is 13.6. The third-order valence-corrected chi connectivity index (χ3v) is 3.51. The molecule has 0 saturated heterocycles. The molecule has 0 aromatic rings. The van der Waals surface area contributed by atoms with Crippen LogP contribution in [0.3, 0.4) is 0 Å². The van der Waals surface area contributed by atoms with Gasteiger partial charge in [-0.2, -0.15) is 0 Å².